The summed E-state index contributed by atoms with van der Waals surface area (Å²) in [6.07, 6.45) is 0. The standard InChI is InChI=1S/C43H26N4O2/c1-3-13-28(14-4-1)41-44-42(29-15-5-2-6-16-29)46-43(45-41)30-17-11-18-31(26-30)47-38-32-19-8-7-12-27(32)22-23-33(38)34-24-25-37-40(39(34)47)49-36-21-10-9-20-35(36)48-37/h1-26H. The van der Waals surface area contributed by atoms with Crippen molar-refractivity contribution >= 4 is 32.6 Å². The van der Waals surface area contributed by atoms with E-state index >= 15 is 0 Å². The van der Waals surface area contributed by atoms with Gasteiger partial charge in [0.2, 0.25) is 0 Å². The van der Waals surface area contributed by atoms with Crippen molar-refractivity contribution in [1.29, 1.82) is 0 Å². The Bertz CT molecular complexity index is 2660. The molecule has 0 amide bonds. The molecule has 0 spiro atoms. The lowest BCUT2D eigenvalue weighted by Crippen LogP contribution is -2.03. The lowest BCUT2D eigenvalue weighted by molar-refractivity contribution is 0.362. The summed E-state index contributed by atoms with van der Waals surface area (Å²) in [4.78, 5) is 14.9. The first-order chi connectivity index (χ1) is 24.3. The number of ether oxygens (including phenoxy) is 2. The first-order valence-corrected chi connectivity index (χ1v) is 16.2. The molecule has 0 N–H and O–H groups in total. The second kappa shape index (κ2) is 10.9. The van der Waals surface area contributed by atoms with Crippen LogP contribution in [0.4, 0.5) is 0 Å². The largest absolute Gasteiger partial charge is 0.449 e. The highest BCUT2D eigenvalue weighted by Gasteiger charge is 2.26. The highest BCUT2D eigenvalue weighted by molar-refractivity contribution is 6.20. The van der Waals surface area contributed by atoms with Crippen molar-refractivity contribution in [2.24, 2.45) is 0 Å². The van der Waals surface area contributed by atoms with Crippen LogP contribution in [0.15, 0.2) is 158 Å². The summed E-state index contributed by atoms with van der Waals surface area (Å²) in [5.41, 5.74) is 5.70. The van der Waals surface area contributed by atoms with Crippen molar-refractivity contribution in [3.05, 3.63) is 158 Å². The maximum absolute atomic E-state index is 6.66. The minimum atomic E-state index is 0.593. The van der Waals surface area contributed by atoms with Crippen LogP contribution in [0.1, 0.15) is 0 Å². The van der Waals surface area contributed by atoms with Gasteiger partial charge in [0.05, 0.1) is 5.52 Å². The molecular formula is C43H26N4O2. The van der Waals surface area contributed by atoms with Gasteiger partial charge in [0.25, 0.3) is 0 Å². The van der Waals surface area contributed by atoms with Gasteiger partial charge in [-0.25, -0.2) is 15.0 Å². The maximum Gasteiger partial charge on any atom is 0.194 e. The lowest BCUT2D eigenvalue weighted by atomic mass is 10.1. The zero-order valence-corrected chi connectivity index (χ0v) is 26.1. The van der Waals surface area contributed by atoms with Gasteiger partial charge in [-0.15, -0.1) is 0 Å². The van der Waals surface area contributed by atoms with Crippen molar-refractivity contribution in [3.8, 4) is 62.8 Å². The molecule has 1 aliphatic heterocycles. The molecule has 0 saturated carbocycles. The molecule has 0 unspecified atom stereocenters. The number of aromatic nitrogens is 4. The number of nitrogens with zero attached hydrogens (tertiary/aromatic N) is 4. The molecule has 7 aromatic carbocycles. The van der Waals surface area contributed by atoms with Gasteiger partial charge in [-0.2, -0.15) is 0 Å². The van der Waals surface area contributed by atoms with Gasteiger partial charge in [-0.1, -0.05) is 121 Å². The average Bonchev–Trinajstić information content (AvgIpc) is 3.53. The maximum atomic E-state index is 6.66. The van der Waals surface area contributed by atoms with Gasteiger partial charge in [-0.05, 0) is 41.8 Å². The zero-order valence-electron chi connectivity index (χ0n) is 26.1. The van der Waals surface area contributed by atoms with E-state index in [0.29, 0.717) is 40.5 Å². The molecule has 1 aliphatic rings. The van der Waals surface area contributed by atoms with E-state index in [-0.39, 0.29) is 0 Å². The topological polar surface area (TPSA) is 62.1 Å². The molecule has 230 valence electrons. The predicted octanol–water partition coefficient (Wildman–Crippen LogP) is 11.0. The second-order valence-corrected chi connectivity index (χ2v) is 12.0. The van der Waals surface area contributed by atoms with Crippen LogP contribution in [0.5, 0.6) is 23.0 Å². The molecule has 0 aliphatic carbocycles. The van der Waals surface area contributed by atoms with Crippen molar-refractivity contribution in [2.45, 2.75) is 0 Å². The molecular weight excluding hydrogens is 604 g/mol. The Balaban J connectivity index is 1.24. The fourth-order valence-electron chi connectivity index (χ4n) is 6.82. The summed E-state index contributed by atoms with van der Waals surface area (Å²) in [7, 11) is 0. The predicted molar refractivity (Wildman–Crippen MR) is 195 cm³/mol. The van der Waals surface area contributed by atoms with Crippen LogP contribution in [0.3, 0.4) is 0 Å². The Morgan fingerprint density at radius 3 is 1.69 bits per heavy atom. The van der Waals surface area contributed by atoms with E-state index < -0.39 is 0 Å². The third-order valence-corrected chi connectivity index (χ3v) is 9.08. The highest BCUT2D eigenvalue weighted by atomic mass is 16.6. The fraction of sp³-hybridized carbons (Fsp3) is 0. The minimum Gasteiger partial charge on any atom is -0.449 e. The average molecular weight is 631 g/mol. The normalized spacial score (nSPS) is 12.0. The molecule has 6 heteroatoms. The summed E-state index contributed by atoms with van der Waals surface area (Å²) >= 11 is 0. The SMILES string of the molecule is c1ccc(-c2nc(-c3ccccc3)nc(-c3cccc(-n4c5c6c(ccc5c5ccc7ccccc7c54)Oc4ccccc4O6)c3)n2)cc1. The van der Waals surface area contributed by atoms with Gasteiger partial charge in [0.1, 0.15) is 5.52 Å². The Labute approximate surface area is 281 Å². The number of hydrogen-bond donors (Lipinski definition) is 0. The molecule has 6 nitrogen and oxygen atoms in total. The van der Waals surface area contributed by atoms with Crippen molar-refractivity contribution in [1.82, 2.24) is 19.5 Å². The number of benzene rings is 7. The van der Waals surface area contributed by atoms with Crippen LogP contribution in [0.25, 0.3) is 72.4 Å². The Morgan fingerprint density at radius 2 is 0.959 bits per heavy atom. The first-order valence-electron chi connectivity index (χ1n) is 16.2. The van der Waals surface area contributed by atoms with E-state index in [0.717, 1.165) is 55.0 Å². The van der Waals surface area contributed by atoms with Gasteiger partial charge in [0.15, 0.2) is 40.5 Å². The molecule has 49 heavy (non-hydrogen) atoms. The third kappa shape index (κ3) is 4.46. The summed E-state index contributed by atoms with van der Waals surface area (Å²) in [5.74, 6) is 4.57. The van der Waals surface area contributed by atoms with E-state index in [1.165, 1.54) is 0 Å². The van der Waals surface area contributed by atoms with Crippen LogP contribution in [-0.4, -0.2) is 19.5 Å². The van der Waals surface area contributed by atoms with Crippen molar-refractivity contribution in [3.63, 3.8) is 0 Å². The molecule has 0 radical (unpaired) electrons. The Hall–Kier alpha value is -6.79. The number of fused-ring (bicyclic) bond motifs is 8. The van der Waals surface area contributed by atoms with Crippen molar-refractivity contribution in [2.75, 3.05) is 0 Å². The van der Waals surface area contributed by atoms with E-state index in [9.17, 15) is 0 Å². The van der Waals surface area contributed by atoms with Crippen molar-refractivity contribution < 1.29 is 9.47 Å². The minimum absolute atomic E-state index is 0.593. The van der Waals surface area contributed by atoms with Crippen LogP contribution in [0, 0.1) is 0 Å². The van der Waals surface area contributed by atoms with Crippen LogP contribution in [-0.2, 0) is 0 Å². The highest BCUT2D eigenvalue weighted by Crippen LogP contribution is 2.51. The number of para-hydroxylation sites is 2. The molecule has 0 atom stereocenters. The lowest BCUT2D eigenvalue weighted by Gasteiger charge is -2.22. The van der Waals surface area contributed by atoms with Gasteiger partial charge < -0.3 is 14.0 Å². The summed E-state index contributed by atoms with van der Waals surface area (Å²) in [6, 6.07) is 53.3. The quantitative estimate of drug-likeness (QED) is 0.194. The van der Waals surface area contributed by atoms with Gasteiger partial charge >= 0.3 is 0 Å². The molecule has 0 saturated heterocycles. The summed E-state index contributed by atoms with van der Waals surface area (Å²) in [6.45, 7) is 0. The molecule has 9 aromatic rings. The molecule has 3 heterocycles. The van der Waals surface area contributed by atoms with Crippen LogP contribution in [0.2, 0.25) is 0 Å². The number of hydrogen-bond acceptors (Lipinski definition) is 5. The fourth-order valence-corrected chi connectivity index (χ4v) is 6.82. The monoisotopic (exact) mass is 630 g/mol. The first kappa shape index (κ1) is 27.3. The Kier molecular flexibility index (Phi) is 6.08. The van der Waals surface area contributed by atoms with E-state index in [1.807, 2.05) is 91.0 Å². The molecule has 2 aromatic heterocycles. The number of rotatable bonds is 4. The zero-order chi connectivity index (χ0) is 32.3. The van der Waals surface area contributed by atoms with Crippen LogP contribution >= 0.6 is 0 Å². The summed E-state index contributed by atoms with van der Waals surface area (Å²) in [5, 5.41) is 4.50. The van der Waals surface area contributed by atoms with E-state index in [1.54, 1.807) is 0 Å². The third-order valence-electron chi connectivity index (χ3n) is 9.08. The van der Waals surface area contributed by atoms with Gasteiger partial charge in [-0.3, -0.25) is 0 Å². The molecule has 0 bridgehead atoms. The van der Waals surface area contributed by atoms with E-state index in [2.05, 4.69) is 71.3 Å². The van der Waals surface area contributed by atoms with Crippen LogP contribution < -0.4 is 9.47 Å². The van der Waals surface area contributed by atoms with E-state index in [4.69, 9.17) is 24.4 Å². The smallest absolute Gasteiger partial charge is 0.194 e. The Morgan fingerprint density at radius 1 is 0.388 bits per heavy atom. The molecule has 0 fully saturated rings. The summed E-state index contributed by atoms with van der Waals surface area (Å²) < 4.78 is 15.4. The second-order valence-electron chi connectivity index (χ2n) is 12.0. The molecule has 10 rings (SSSR count). The van der Waals surface area contributed by atoms with Gasteiger partial charge in [0, 0.05) is 38.5 Å².